The molecule has 1 aliphatic rings. The minimum Gasteiger partial charge on any atom is -0.476 e. The molecule has 0 radical (unpaired) electrons. The van der Waals surface area contributed by atoms with Crippen LogP contribution in [-0.2, 0) is 24.3 Å². The first kappa shape index (κ1) is 16.2. The second-order valence-electron chi connectivity index (χ2n) is 7.27. The van der Waals surface area contributed by atoms with Crippen molar-refractivity contribution in [1.82, 2.24) is 9.78 Å². The third kappa shape index (κ3) is 4.17. The fourth-order valence-corrected chi connectivity index (χ4v) is 3.43. The van der Waals surface area contributed by atoms with Gasteiger partial charge in [0.1, 0.15) is 6.73 Å². The monoisotopic (exact) mass is 310 g/mol. The molecule has 0 spiro atoms. The van der Waals surface area contributed by atoms with Gasteiger partial charge < -0.3 is 9.84 Å². The summed E-state index contributed by atoms with van der Waals surface area (Å²) in [5.41, 5.74) is 2.18. The van der Waals surface area contributed by atoms with Crippen LogP contribution in [0.2, 0.25) is 25.7 Å². The molecule has 0 bridgehead atoms. The number of carboxylic acids is 1. The van der Waals surface area contributed by atoms with Crippen LogP contribution in [0.3, 0.4) is 0 Å². The van der Waals surface area contributed by atoms with Crippen molar-refractivity contribution in [2.24, 2.45) is 5.92 Å². The summed E-state index contributed by atoms with van der Waals surface area (Å²) in [6.45, 7) is 10.2. The summed E-state index contributed by atoms with van der Waals surface area (Å²) in [6.07, 6.45) is 2.80. The highest BCUT2D eigenvalue weighted by atomic mass is 28.3. The maximum absolute atomic E-state index is 11.3. The molecule has 2 rings (SSSR count). The quantitative estimate of drug-likeness (QED) is 0.648. The molecule has 118 valence electrons. The number of hydrogen-bond donors (Lipinski definition) is 1. The van der Waals surface area contributed by atoms with E-state index >= 15 is 0 Å². The molecule has 5 nitrogen and oxygen atoms in total. The first-order chi connectivity index (χ1) is 9.78. The fraction of sp³-hybridized carbons (Fsp3) is 0.733. The van der Waals surface area contributed by atoms with E-state index in [-0.39, 0.29) is 5.69 Å². The smallest absolute Gasteiger partial charge is 0.356 e. The third-order valence-electron chi connectivity index (χ3n) is 4.01. The van der Waals surface area contributed by atoms with Crippen molar-refractivity contribution in [3.8, 4) is 0 Å². The van der Waals surface area contributed by atoms with Crippen LogP contribution < -0.4 is 0 Å². The highest BCUT2D eigenvalue weighted by molar-refractivity contribution is 6.76. The normalized spacial score (nSPS) is 18.6. The zero-order chi connectivity index (χ0) is 15.6. The molecule has 0 saturated carbocycles. The lowest BCUT2D eigenvalue weighted by Gasteiger charge is -2.20. The number of ether oxygens (including phenoxy) is 1. The Bertz CT molecular complexity index is 520. The predicted molar refractivity (Wildman–Crippen MR) is 84.5 cm³/mol. The van der Waals surface area contributed by atoms with Crippen molar-refractivity contribution in [3.63, 3.8) is 0 Å². The van der Waals surface area contributed by atoms with Gasteiger partial charge in [0.05, 0.1) is 0 Å². The molecule has 0 aromatic carbocycles. The van der Waals surface area contributed by atoms with Crippen molar-refractivity contribution in [2.45, 2.75) is 58.6 Å². The number of nitrogens with zero attached hydrogens (tertiary/aromatic N) is 2. The molecule has 1 heterocycles. The van der Waals surface area contributed by atoms with E-state index in [0.29, 0.717) is 12.6 Å². The van der Waals surface area contributed by atoms with Crippen molar-refractivity contribution >= 4 is 14.0 Å². The summed E-state index contributed by atoms with van der Waals surface area (Å²) in [5.74, 6) is -0.401. The van der Waals surface area contributed by atoms with Gasteiger partial charge in [-0.15, -0.1) is 0 Å². The molecule has 1 N–H and O–H groups in total. The Balaban J connectivity index is 2.06. The van der Waals surface area contributed by atoms with Crippen LogP contribution in [0.1, 0.15) is 35.1 Å². The largest absolute Gasteiger partial charge is 0.476 e. The summed E-state index contributed by atoms with van der Waals surface area (Å²) >= 11 is 0. The Morgan fingerprint density at radius 3 is 2.81 bits per heavy atom. The second kappa shape index (κ2) is 6.32. The summed E-state index contributed by atoms with van der Waals surface area (Å²) in [5, 5.41) is 13.6. The molecule has 0 saturated heterocycles. The molecule has 21 heavy (non-hydrogen) atoms. The minimum absolute atomic E-state index is 0.213. The molecular weight excluding hydrogens is 284 g/mol. The van der Waals surface area contributed by atoms with E-state index in [1.807, 2.05) is 0 Å². The van der Waals surface area contributed by atoms with E-state index in [1.165, 1.54) is 0 Å². The SMILES string of the molecule is CC1CCc2c(c(C(=O)O)nn2COCC[Si](C)(C)C)C1. The van der Waals surface area contributed by atoms with Gasteiger partial charge in [-0.3, -0.25) is 0 Å². The highest BCUT2D eigenvalue weighted by Gasteiger charge is 2.27. The van der Waals surface area contributed by atoms with E-state index in [2.05, 4.69) is 31.7 Å². The first-order valence-electron chi connectivity index (χ1n) is 7.67. The van der Waals surface area contributed by atoms with Crippen LogP contribution in [0, 0.1) is 5.92 Å². The minimum atomic E-state index is -1.09. The molecular formula is C15H26N2O3Si. The van der Waals surface area contributed by atoms with Crippen LogP contribution in [0.25, 0.3) is 0 Å². The maximum atomic E-state index is 11.3. The molecule has 1 atom stereocenters. The summed E-state index contributed by atoms with van der Waals surface area (Å²) < 4.78 is 7.48. The molecule has 6 heteroatoms. The Kier molecular flexibility index (Phi) is 4.88. The van der Waals surface area contributed by atoms with E-state index in [0.717, 1.165) is 43.2 Å². The van der Waals surface area contributed by atoms with Crippen molar-refractivity contribution in [3.05, 3.63) is 17.0 Å². The molecule has 1 aromatic rings. The summed E-state index contributed by atoms with van der Waals surface area (Å²) in [7, 11) is -1.09. The van der Waals surface area contributed by atoms with Gasteiger partial charge >= 0.3 is 5.97 Å². The van der Waals surface area contributed by atoms with Gasteiger partial charge in [0, 0.05) is 25.9 Å². The van der Waals surface area contributed by atoms with Gasteiger partial charge in [0.15, 0.2) is 5.69 Å². The van der Waals surface area contributed by atoms with Gasteiger partial charge in [0.25, 0.3) is 0 Å². The van der Waals surface area contributed by atoms with Gasteiger partial charge in [-0.2, -0.15) is 5.10 Å². The zero-order valence-electron chi connectivity index (χ0n) is 13.5. The highest BCUT2D eigenvalue weighted by Crippen LogP contribution is 2.28. The number of hydrogen-bond acceptors (Lipinski definition) is 3. The molecule has 0 aliphatic heterocycles. The third-order valence-corrected chi connectivity index (χ3v) is 5.71. The van der Waals surface area contributed by atoms with Gasteiger partial charge in [-0.05, 0) is 31.2 Å². The lowest BCUT2D eigenvalue weighted by Crippen LogP contribution is -2.22. The Morgan fingerprint density at radius 2 is 2.19 bits per heavy atom. The van der Waals surface area contributed by atoms with Gasteiger partial charge in [-0.25, -0.2) is 9.48 Å². The van der Waals surface area contributed by atoms with E-state index in [4.69, 9.17) is 4.74 Å². The Hall–Kier alpha value is -1.14. The predicted octanol–water partition coefficient (Wildman–Crippen LogP) is 3.02. The number of carboxylic acid groups (broad SMARTS) is 1. The second-order valence-corrected chi connectivity index (χ2v) is 12.9. The van der Waals surface area contributed by atoms with Crippen LogP contribution in [0.15, 0.2) is 0 Å². The summed E-state index contributed by atoms with van der Waals surface area (Å²) in [6, 6.07) is 1.11. The Labute approximate surface area is 127 Å². The van der Waals surface area contributed by atoms with Crippen LogP contribution in [0.5, 0.6) is 0 Å². The number of rotatable bonds is 6. The van der Waals surface area contributed by atoms with Gasteiger partial charge in [-0.1, -0.05) is 26.6 Å². The molecule has 0 fully saturated rings. The number of fused-ring (bicyclic) bond motifs is 1. The average Bonchev–Trinajstić information content (AvgIpc) is 2.71. The van der Waals surface area contributed by atoms with Gasteiger partial charge in [0.2, 0.25) is 0 Å². The van der Waals surface area contributed by atoms with Crippen LogP contribution in [-0.4, -0.2) is 35.5 Å². The molecule has 1 aromatic heterocycles. The standard InChI is InChI=1S/C15H26N2O3Si/c1-11-5-6-13-12(9-11)14(15(18)19)16-17(13)10-20-7-8-21(2,3)4/h11H,5-10H2,1-4H3,(H,18,19). The van der Waals surface area contributed by atoms with Crippen LogP contribution in [0.4, 0.5) is 0 Å². The van der Waals surface area contributed by atoms with Crippen molar-refractivity contribution in [1.29, 1.82) is 0 Å². The number of aromatic carboxylic acids is 1. The fourth-order valence-electron chi connectivity index (χ4n) is 2.67. The molecule has 1 aliphatic carbocycles. The zero-order valence-corrected chi connectivity index (χ0v) is 14.5. The lowest BCUT2D eigenvalue weighted by molar-refractivity contribution is 0.0668. The summed E-state index contributed by atoms with van der Waals surface area (Å²) in [4.78, 5) is 11.3. The van der Waals surface area contributed by atoms with E-state index in [1.54, 1.807) is 4.68 Å². The molecule has 1 unspecified atom stereocenters. The average molecular weight is 310 g/mol. The topological polar surface area (TPSA) is 64.3 Å². The van der Waals surface area contributed by atoms with E-state index in [9.17, 15) is 9.90 Å². The van der Waals surface area contributed by atoms with Crippen molar-refractivity contribution < 1.29 is 14.6 Å². The molecule has 0 amide bonds. The lowest BCUT2D eigenvalue weighted by atomic mass is 9.87. The maximum Gasteiger partial charge on any atom is 0.356 e. The number of carbonyl (C=O) groups is 1. The first-order valence-corrected chi connectivity index (χ1v) is 11.4. The van der Waals surface area contributed by atoms with Crippen molar-refractivity contribution in [2.75, 3.05) is 6.61 Å². The van der Waals surface area contributed by atoms with Crippen LogP contribution >= 0.6 is 0 Å². The Morgan fingerprint density at radius 1 is 1.48 bits per heavy atom. The number of aromatic nitrogens is 2. The van der Waals surface area contributed by atoms with E-state index < -0.39 is 14.0 Å².